The topological polar surface area (TPSA) is 59.0 Å². The SMILES string of the molecule is CC1(C)CCc2cc(CN3C[C@@H]4CCO[C@]4(C(=O)O)C3)ccc2O1. The number of carboxylic acid groups (broad SMARTS) is 1. The Morgan fingerprint density at radius 2 is 2.25 bits per heavy atom. The van der Waals surface area contributed by atoms with Crippen molar-refractivity contribution >= 4 is 5.97 Å². The predicted molar refractivity (Wildman–Crippen MR) is 89.2 cm³/mol. The van der Waals surface area contributed by atoms with Gasteiger partial charge in [0.05, 0.1) is 0 Å². The molecule has 3 aliphatic heterocycles. The lowest BCUT2D eigenvalue weighted by Gasteiger charge is -2.33. The number of fused-ring (bicyclic) bond motifs is 2. The molecule has 0 aliphatic carbocycles. The van der Waals surface area contributed by atoms with Gasteiger partial charge in [-0.3, -0.25) is 4.90 Å². The summed E-state index contributed by atoms with van der Waals surface area (Å²) in [5.41, 5.74) is 1.40. The summed E-state index contributed by atoms with van der Waals surface area (Å²) < 4.78 is 11.7. The third-order valence-electron chi connectivity index (χ3n) is 5.70. The molecule has 3 aliphatic rings. The van der Waals surface area contributed by atoms with Gasteiger partial charge in [-0.05, 0) is 50.3 Å². The maximum absolute atomic E-state index is 11.7. The van der Waals surface area contributed by atoms with E-state index in [1.807, 2.05) is 0 Å². The molecule has 0 unspecified atom stereocenters. The molecule has 5 nitrogen and oxygen atoms in total. The molecule has 0 saturated carbocycles. The minimum Gasteiger partial charge on any atom is -0.488 e. The number of hydrogen-bond acceptors (Lipinski definition) is 4. The van der Waals surface area contributed by atoms with Gasteiger partial charge in [-0.25, -0.2) is 4.79 Å². The van der Waals surface area contributed by atoms with Crippen molar-refractivity contribution in [1.29, 1.82) is 0 Å². The third kappa shape index (κ3) is 2.60. The molecule has 130 valence electrons. The number of aliphatic carboxylic acids is 1. The molecule has 24 heavy (non-hydrogen) atoms. The number of carbonyl (C=O) groups is 1. The number of aryl methyl sites for hydroxylation is 1. The van der Waals surface area contributed by atoms with Crippen LogP contribution < -0.4 is 4.74 Å². The minimum atomic E-state index is -0.985. The molecular formula is C19H25NO4. The summed E-state index contributed by atoms with van der Waals surface area (Å²) in [5.74, 6) is 0.281. The normalized spacial score (nSPS) is 31.3. The molecule has 1 N–H and O–H groups in total. The average Bonchev–Trinajstić information content (AvgIpc) is 3.04. The number of ether oxygens (including phenoxy) is 2. The number of rotatable bonds is 3. The molecule has 2 saturated heterocycles. The van der Waals surface area contributed by atoms with Crippen molar-refractivity contribution in [3.63, 3.8) is 0 Å². The fraction of sp³-hybridized carbons (Fsp3) is 0.632. The van der Waals surface area contributed by atoms with Crippen LogP contribution in [0.4, 0.5) is 0 Å². The number of nitrogens with zero attached hydrogens (tertiary/aromatic N) is 1. The van der Waals surface area contributed by atoms with Gasteiger partial charge in [0.2, 0.25) is 0 Å². The van der Waals surface area contributed by atoms with E-state index in [1.54, 1.807) is 0 Å². The van der Waals surface area contributed by atoms with Crippen LogP contribution in [-0.4, -0.2) is 46.9 Å². The Morgan fingerprint density at radius 1 is 1.42 bits per heavy atom. The van der Waals surface area contributed by atoms with Gasteiger partial charge in [0, 0.05) is 32.2 Å². The highest BCUT2D eigenvalue weighted by atomic mass is 16.5. The first-order valence-corrected chi connectivity index (χ1v) is 8.78. The Balaban J connectivity index is 1.48. The van der Waals surface area contributed by atoms with Crippen LogP contribution in [0.15, 0.2) is 18.2 Å². The van der Waals surface area contributed by atoms with Gasteiger partial charge in [-0.1, -0.05) is 12.1 Å². The molecule has 4 rings (SSSR count). The third-order valence-corrected chi connectivity index (χ3v) is 5.70. The van der Waals surface area contributed by atoms with E-state index >= 15 is 0 Å². The van der Waals surface area contributed by atoms with Crippen LogP contribution in [0.25, 0.3) is 0 Å². The van der Waals surface area contributed by atoms with Gasteiger partial charge >= 0.3 is 5.97 Å². The van der Waals surface area contributed by atoms with Crippen LogP contribution in [0.1, 0.15) is 37.8 Å². The fourth-order valence-electron chi connectivity index (χ4n) is 4.35. The van der Waals surface area contributed by atoms with Crippen molar-refractivity contribution in [2.75, 3.05) is 19.7 Å². The number of carboxylic acids is 1. The van der Waals surface area contributed by atoms with Crippen LogP contribution in [0, 0.1) is 5.92 Å². The van der Waals surface area contributed by atoms with Gasteiger partial charge < -0.3 is 14.6 Å². The van der Waals surface area contributed by atoms with Gasteiger partial charge in [-0.2, -0.15) is 0 Å². The first-order valence-electron chi connectivity index (χ1n) is 8.78. The molecule has 2 fully saturated rings. The van der Waals surface area contributed by atoms with E-state index in [4.69, 9.17) is 9.47 Å². The maximum Gasteiger partial charge on any atom is 0.337 e. The van der Waals surface area contributed by atoms with E-state index in [-0.39, 0.29) is 11.5 Å². The van der Waals surface area contributed by atoms with E-state index in [9.17, 15) is 9.90 Å². The molecule has 2 atom stereocenters. The highest BCUT2D eigenvalue weighted by molar-refractivity contribution is 5.79. The molecule has 1 aromatic carbocycles. The van der Waals surface area contributed by atoms with E-state index in [0.717, 1.165) is 38.1 Å². The lowest BCUT2D eigenvalue weighted by molar-refractivity contribution is -0.161. The van der Waals surface area contributed by atoms with E-state index in [1.165, 1.54) is 11.1 Å². The minimum absolute atomic E-state index is 0.0911. The Hall–Kier alpha value is -1.59. The first kappa shape index (κ1) is 15.9. The van der Waals surface area contributed by atoms with E-state index in [2.05, 4.69) is 36.9 Å². The lowest BCUT2D eigenvalue weighted by atomic mass is 9.91. The largest absolute Gasteiger partial charge is 0.488 e. The highest BCUT2D eigenvalue weighted by Gasteiger charge is 2.56. The highest BCUT2D eigenvalue weighted by Crippen LogP contribution is 2.40. The molecule has 1 aromatic rings. The number of likely N-dealkylation sites (tertiary alicyclic amines) is 1. The second kappa shape index (κ2) is 5.46. The van der Waals surface area contributed by atoms with Gasteiger partial charge in [0.15, 0.2) is 5.60 Å². The quantitative estimate of drug-likeness (QED) is 0.922. The van der Waals surface area contributed by atoms with Crippen molar-refractivity contribution in [3.8, 4) is 5.75 Å². The summed E-state index contributed by atoms with van der Waals surface area (Å²) in [5, 5.41) is 9.60. The number of hydrogen-bond donors (Lipinski definition) is 1. The Labute approximate surface area is 142 Å². The molecular weight excluding hydrogens is 306 g/mol. The summed E-state index contributed by atoms with van der Waals surface area (Å²) in [7, 11) is 0. The summed E-state index contributed by atoms with van der Waals surface area (Å²) in [6.45, 7) is 6.86. The van der Waals surface area contributed by atoms with Crippen molar-refractivity contribution in [2.24, 2.45) is 5.92 Å². The maximum atomic E-state index is 11.7. The van der Waals surface area contributed by atoms with E-state index in [0.29, 0.717) is 13.2 Å². The Kier molecular flexibility index (Phi) is 3.62. The molecule has 0 amide bonds. The smallest absolute Gasteiger partial charge is 0.337 e. The summed E-state index contributed by atoms with van der Waals surface area (Å²) in [6, 6.07) is 6.38. The van der Waals surface area contributed by atoms with Crippen molar-refractivity contribution in [2.45, 2.75) is 50.9 Å². The Bertz CT molecular complexity index is 671. The average molecular weight is 331 g/mol. The summed E-state index contributed by atoms with van der Waals surface area (Å²) >= 11 is 0. The summed E-state index contributed by atoms with van der Waals surface area (Å²) in [6.07, 6.45) is 2.89. The molecule has 0 radical (unpaired) electrons. The standard InChI is InChI=1S/C19H25NO4/c1-18(2)7-5-14-9-13(3-4-16(14)24-18)10-20-11-15-6-8-23-19(15,12-20)17(21)22/h3-4,9,15H,5-8,10-12H2,1-2H3,(H,21,22)/t15-,19+/m0/s1. The van der Waals surface area contributed by atoms with Crippen molar-refractivity contribution in [1.82, 2.24) is 4.90 Å². The van der Waals surface area contributed by atoms with E-state index < -0.39 is 11.6 Å². The second-order valence-electron chi connectivity index (χ2n) is 8.00. The molecule has 5 heteroatoms. The second-order valence-corrected chi connectivity index (χ2v) is 8.00. The van der Waals surface area contributed by atoms with Crippen LogP contribution in [0.3, 0.4) is 0 Å². The van der Waals surface area contributed by atoms with Crippen molar-refractivity contribution < 1.29 is 19.4 Å². The Morgan fingerprint density at radius 3 is 3.00 bits per heavy atom. The predicted octanol–water partition coefficient (Wildman–Crippen LogP) is 2.47. The molecule has 0 spiro atoms. The molecule has 0 aromatic heterocycles. The number of benzene rings is 1. The molecule has 0 bridgehead atoms. The van der Waals surface area contributed by atoms with Crippen LogP contribution in [0.5, 0.6) is 5.75 Å². The summed E-state index contributed by atoms with van der Waals surface area (Å²) in [4.78, 5) is 13.9. The van der Waals surface area contributed by atoms with Crippen LogP contribution >= 0.6 is 0 Å². The zero-order chi connectivity index (χ0) is 16.9. The monoisotopic (exact) mass is 331 g/mol. The van der Waals surface area contributed by atoms with Gasteiger partial charge in [-0.15, -0.1) is 0 Å². The fourth-order valence-corrected chi connectivity index (χ4v) is 4.35. The zero-order valence-electron chi connectivity index (χ0n) is 14.4. The van der Waals surface area contributed by atoms with Crippen LogP contribution in [-0.2, 0) is 22.5 Å². The van der Waals surface area contributed by atoms with Gasteiger partial charge in [0.1, 0.15) is 11.4 Å². The first-order chi connectivity index (χ1) is 11.4. The molecule has 3 heterocycles. The van der Waals surface area contributed by atoms with Crippen molar-refractivity contribution in [3.05, 3.63) is 29.3 Å². The van der Waals surface area contributed by atoms with Gasteiger partial charge in [0.25, 0.3) is 0 Å². The van der Waals surface area contributed by atoms with Crippen LogP contribution in [0.2, 0.25) is 0 Å². The lowest BCUT2D eigenvalue weighted by Crippen LogP contribution is -2.45. The zero-order valence-corrected chi connectivity index (χ0v) is 14.4.